The van der Waals surface area contributed by atoms with Crippen molar-refractivity contribution in [2.45, 2.75) is 23.5 Å². The number of aromatic amines is 1. The Morgan fingerprint density at radius 1 is 1.44 bits per heavy atom. The second-order valence-electron chi connectivity index (χ2n) is 3.75. The van der Waals surface area contributed by atoms with Crippen molar-refractivity contribution < 1.29 is 0 Å². The van der Waals surface area contributed by atoms with Gasteiger partial charge in [-0.1, -0.05) is 29.4 Å². The van der Waals surface area contributed by atoms with E-state index in [1.165, 1.54) is 17.8 Å². The van der Waals surface area contributed by atoms with Crippen molar-refractivity contribution in [2.75, 3.05) is 0 Å². The molecule has 6 heteroatoms. The molecule has 3 N–H and O–H groups in total. The van der Waals surface area contributed by atoms with Gasteiger partial charge in [0.05, 0.1) is 0 Å². The van der Waals surface area contributed by atoms with Gasteiger partial charge < -0.3 is 10.7 Å². The largest absolute Gasteiger partial charge is 0.326 e. The number of nitrogens with one attached hydrogen (secondary N) is 1. The second-order valence-corrected chi connectivity index (χ2v) is 5.22. The lowest BCUT2D eigenvalue weighted by molar-refractivity contribution is 0.903. The summed E-state index contributed by atoms with van der Waals surface area (Å²) in [6.07, 6.45) is 0. The third kappa shape index (κ3) is 3.13. The molecule has 4 nitrogen and oxygen atoms in total. The van der Waals surface area contributed by atoms with Crippen LogP contribution in [0.2, 0.25) is 5.02 Å². The molecule has 18 heavy (non-hydrogen) atoms. The van der Waals surface area contributed by atoms with E-state index in [1.807, 2.05) is 12.1 Å². The first-order chi connectivity index (χ1) is 8.58. The fraction of sp³-hybridized carbons (Fsp3) is 0.167. The number of aryl methyl sites for hydroxylation is 1. The molecule has 0 aliphatic heterocycles. The standard InChI is InChI=1S/C12H12ClN3OS/c1-7-4-11(17)16-12(15-7)18-10-5-9(13)3-2-8(10)6-14/h2-5H,6,14H2,1H3,(H,15,16,17). The molecular weight excluding hydrogens is 270 g/mol. The van der Waals surface area contributed by atoms with Crippen molar-refractivity contribution in [3.8, 4) is 0 Å². The molecule has 1 aromatic carbocycles. The van der Waals surface area contributed by atoms with Crippen LogP contribution in [0.15, 0.2) is 39.1 Å². The van der Waals surface area contributed by atoms with E-state index in [1.54, 1.807) is 13.0 Å². The van der Waals surface area contributed by atoms with Crippen molar-refractivity contribution in [1.29, 1.82) is 0 Å². The first-order valence-corrected chi connectivity index (χ1v) is 6.52. The topological polar surface area (TPSA) is 71.8 Å². The third-order valence-corrected chi connectivity index (χ3v) is 3.53. The first kappa shape index (κ1) is 13.1. The summed E-state index contributed by atoms with van der Waals surface area (Å²) >= 11 is 7.31. The van der Waals surface area contributed by atoms with E-state index < -0.39 is 0 Å². The molecule has 1 heterocycles. The summed E-state index contributed by atoms with van der Waals surface area (Å²) in [6, 6.07) is 6.93. The molecule has 0 unspecified atom stereocenters. The van der Waals surface area contributed by atoms with Crippen molar-refractivity contribution in [3.05, 3.63) is 50.9 Å². The van der Waals surface area contributed by atoms with Gasteiger partial charge >= 0.3 is 0 Å². The Hall–Kier alpha value is -1.30. The van der Waals surface area contributed by atoms with Gasteiger partial charge in [-0.3, -0.25) is 4.79 Å². The lowest BCUT2D eigenvalue weighted by Gasteiger charge is -2.07. The summed E-state index contributed by atoms with van der Waals surface area (Å²) in [4.78, 5) is 19.2. The molecule has 2 aromatic rings. The number of nitrogens with two attached hydrogens (primary N) is 1. The zero-order valence-electron chi connectivity index (χ0n) is 9.74. The van der Waals surface area contributed by atoms with Gasteiger partial charge in [-0.25, -0.2) is 4.98 Å². The Morgan fingerprint density at radius 2 is 2.22 bits per heavy atom. The van der Waals surface area contributed by atoms with Crippen LogP contribution in [0.25, 0.3) is 0 Å². The summed E-state index contributed by atoms with van der Waals surface area (Å²) < 4.78 is 0. The van der Waals surface area contributed by atoms with E-state index in [4.69, 9.17) is 17.3 Å². The van der Waals surface area contributed by atoms with Crippen LogP contribution < -0.4 is 11.3 Å². The van der Waals surface area contributed by atoms with Gasteiger partial charge in [0.15, 0.2) is 5.16 Å². The molecule has 1 aromatic heterocycles. The normalized spacial score (nSPS) is 10.6. The van der Waals surface area contributed by atoms with Crippen LogP contribution in [0.5, 0.6) is 0 Å². The number of nitrogens with zero attached hydrogens (tertiary/aromatic N) is 1. The molecule has 2 rings (SSSR count). The van der Waals surface area contributed by atoms with Gasteiger partial charge in [0.25, 0.3) is 5.56 Å². The van der Waals surface area contributed by atoms with Gasteiger partial charge in [-0.2, -0.15) is 0 Å². The summed E-state index contributed by atoms with van der Waals surface area (Å²) in [5.74, 6) is 0. The second kappa shape index (κ2) is 5.56. The maximum atomic E-state index is 11.4. The number of hydrogen-bond acceptors (Lipinski definition) is 4. The number of hydrogen-bond donors (Lipinski definition) is 2. The van der Waals surface area contributed by atoms with Crippen LogP contribution in [0.3, 0.4) is 0 Å². The van der Waals surface area contributed by atoms with Crippen LogP contribution in [0.4, 0.5) is 0 Å². The molecule has 0 aliphatic rings. The molecule has 0 radical (unpaired) electrons. The number of aromatic nitrogens is 2. The molecule has 0 spiro atoms. The maximum absolute atomic E-state index is 11.4. The molecular formula is C12H12ClN3OS. The lowest BCUT2D eigenvalue weighted by Crippen LogP contribution is -2.08. The zero-order valence-corrected chi connectivity index (χ0v) is 11.3. The van der Waals surface area contributed by atoms with Gasteiger partial charge in [0.1, 0.15) is 0 Å². The molecule has 0 atom stereocenters. The summed E-state index contributed by atoms with van der Waals surface area (Å²) in [5.41, 5.74) is 7.14. The predicted octanol–water partition coefficient (Wildman–Crippen LogP) is 2.34. The zero-order chi connectivity index (χ0) is 13.1. The average Bonchev–Trinajstić information content (AvgIpc) is 2.27. The fourth-order valence-corrected chi connectivity index (χ4v) is 2.75. The molecule has 94 valence electrons. The highest BCUT2D eigenvalue weighted by atomic mass is 35.5. The van der Waals surface area contributed by atoms with E-state index in [0.717, 1.165) is 10.5 Å². The molecule has 0 amide bonds. The highest BCUT2D eigenvalue weighted by Crippen LogP contribution is 2.29. The van der Waals surface area contributed by atoms with Gasteiger partial charge in [-0.05, 0) is 24.6 Å². The average molecular weight is 282 g/mol. The smallest absolute Gasteiger partial charge is 0.251 e. The minimum absolute atomic E-state index is 0.165. The van der Waals surface area contributed by atoms with Crippen molar-refractivity contribution in [2.24, 2.45) is 5.73 Å². The van der Waals surface area contributed by atoms with E-state index in [0.29, 0.717) is 22.4 Å². The van der Waals surface area contributed by atoms with Crippen LogP contribution in [0.1, 0.15) is 11.3 Å². The molecule has 0 saturated carbocycles. The predicted molar refractivity (Wildman–Crippen MR) is 73.1 cm³/mol. The quantitative estimate of drug-likeness (QED) is 0.847. The van der Waals surface area contributed by atoms with Crippen molar-refractivity contribution >= 4 is 23.4 Å². The Kier molecular flexibility index (Phi) is 4.06. The van der Waals surface area contributed by atoms with Crippen LogP contribution in [-0.2, 0) is 6.54 Å². The SMILES string of the molecule is Cc1cc(=O)[nH]c(Sc2cc(Cl)ccc2CN)n1. The van der Waals surface area contributed by atoms with Gasteiger partial charge in [-0.15, -0.1) is 0 Å². The van der Waals surface area contributed by atoms with Crippen LogP contribution in [-0.4, -0.2) is 9.97 Å². The van der Waals surface area contributed by atoms with E-state index in [-0.39, 0.29) is 5.56 Å². The van der Waals surface area contributed by atoms with E-state index >= 15 is 0 Å². The molecule has 0 saturated heterocycles. The first-order valence-electron chi connectivity index (χ1n) is 5.33. The summed E-state index contributed by atoms with van der Waals surface area (Å²) in [5, 5.41) is 1.17. The Balaban J connectivity index is 2.38. The van der Waals surface area contributed by atoms with Gasteiger partial charge in [0.2, 0.25) is 0 Å². The van der Waals surface area contributed by atoms with Crippen molar-refractivity contribution in [1.82, 2.24) is 9.97 Å². The molecule has 0 bridgehead atoms. The van der Waals surface area contributed by atoms with Crippen molar-refractivity contribution in [3.63, 3.8) is 0 Å². The number of H-pyrrole nitrogens is 1. The van der Waals surface area contributed by atoms with Gasteiger partial charge in [0, 0.05) is 28.2 Å². The molecule has 0 aliphatic carbocycles. The highest BCUT2D eigenvalue weighted by molar-refractivity contribution is 7.99. The minimum atomic E-state index is -0.165. The number of rotatable bonds is 3. The number of halogens is 1. The van der Waals surface area contributed by atoms with Crippen LogP contribution >= 0.6 is 23.4 Å². The Labute approximate surface area is 114 Å². The minimum Gasteiger partial charge on any atom is -0.326 e. The third-order valence-electron chi connectivity index (χ3n) is 2.30. The van der Waals surface area contributed by atoms with E-state index in [9.17, 15) is 4.79 Å². The summed E-state index contributed by atoms with van der Waals surface area (Å²) in [6.45, 7) is 2.19. The molecule has 0 fully saturated rings. The monoisotopic (exact) mass is 281 g/mol. The van der Waals surface area contributed by atoms with E-state index in [2.05, 4.69) is 9.97 Å². The summed E-state index contributed by atoms with van der Waals surface area (Å²) in [7, 11) is 0. The highest BCUT2D eigenvalue weighted by Gasteiger charge is 2.07. The Bertz CT molecular complexity index is 627. The Morgan fingerprint density at radius 3 is 2.89 bits per heavy atom. The fourth-order valence-electron chi connectivity index (χ4n) is 1.50. The number of benzene rings is 1. The van der Waals surface area contributed by atoms with Crippen LogP contribution in [0, 0.1) is 6.92 Å². The lowest BCUT2D eigenvalue weighted by atomic mass is 10.2. The maximum Gasteiger partial charge on any atom is 0.251 e.